The zero-order valence-corrected chi connectivity index (χ0v) is 9.44. The average Bonchev–Trinajstić information content (AvgIpc) is 2.71. The molecule has 0 radical (unpaired) electrons. The Labute approximate surface area is 94.8 Å². The van der Waals surface area contributed by atoms with Gasteiger partial charge in [0.15, 0.2) is 6.23 Å². The lowest BCUT2D eigenvalue weighted by Crippen LogP contribution is -2.30. The first-order valence-corrected chi connectivity index (χ1v) is 5.74. The van der Waals surface area contributed by atoms with Gasteiger partial charge in [0.2, 0.25) is 5.91 Å². The summed E-state index contributed by atoms with van der Waals surface area (Å²) in [6.45, 7) is 4.18. The minimum absolute atomic E-state index is 0.0358. The molecule has 2 heterocycles. The molecule has 0 spiro atoms. The largest absolute Gasteiger partial charge is 0.470 e. The van der Waals surface area contributed by atoms with E-state index in [2.05, 4.69) is 25.2 Å². The van der Waals surface area contributed by atoms with Gasteiger partial charge < -0.3 is 10.1 Å². The van der Waals surface area contributed by atoms with E-state index in [1.807, 2.05) is 18.2 Å². The minimum Gasteiger partial charge on any atom is -0.470 e. The van der Waals surface area contributed by atoms with E-state index >= 15 is 0 Å². The van der Waals surface area contributed by atoms with Gasteiger partial charge in [-0.3, -0.25) is 4.79 Å². The Bertz CT molecular complexity index is 441. The summed E-state index contributed by atoms with van der Waals surface area (Å²) in [6, 6.07) is 8.00. The summed E-state index contributed by atoms with van der Waals surface area (Å²) < 4.78 is 5.75. The molecule has 1 amide bonds. The molecule has 3 rings (SSSR count). The number of rotatable bonds is 1. The first-order chi connectivity index (χ1) is 7.68. The van der Waals surface area contributed by atoms with Crippen LogP contribution in [0.1, 0.15) is 25.3 Å². The van der Waals surface area contributed by atoms with E-state index in [1.54, 1.807) is 0 Å². The fourth-order valence-corrected chi connectivity index (χ4v) is 2.85. The molecule has 0 bridgehead atoms. The highest BCUT2D eigenvalue weighted by atomic mass is 16.5. The van der Waals surface area contributed by atoms with Crippen LogP contribution in [0.4, 0.5) is 0 Å². The van der Waals surface area contributed by atoms with Crippen molar-refractivity contribution in [1.82, 2.24) is 5.32 Å². The van der Waals surface area contributed by atoms with Crippen LogP contribution in [0.15, 0.2) is 24.3 Å². The van der Waals surface area contributed by atoms with Gasteiger partial charge in [0.1, 0.15) is 5.75 Å². The summed E-state index contributed by atoms with van der Waals surface area (Å²) in [6.07, 6.45) is -0.155. The van der Waals surface area contributed by atoms with E-state index in [-0.39, 0.29) is 24.0 Å². The third-order valence-electron chi connectivity index (χ3n) is 3.55. The zero-order valence-electron chi connectivity index (χ0n) is 9.44. The number of para-hydroxylation sites is 1. The van der Waals surface area contributed by atoms with Crippen molar-refractivity contribution in [3.63, 3.8) is 0 Å². The van der Waals surface area contributed by atoms with Gasteiger partial charge in [-0.15, -0.1) is 0 Å². The topological polar surface area (TPSA) is 38.3 Å². The van der Waals surface area contributed by atoms with E-state index in [4.69, 9.17) is 4.74 Å². The van der Waals surface area contributed by atoms with Gasteiger partial charge in [-0.2, -0.15) is 0 Å². The fourth-order valence-electron chi connectivity index (χ4n) is 2.85. The summed E-state index contributed by atoms with van der Waals surface area (Å²) in [5.74, 6) is 1.60. The Morgan fingerprint density at radius 2 is 2.06 bits per heavy atom. The highest BCUT2D eigenvalue weighted by Crippen LogP contribution is 2.46. The predicted octanol–water partition coefficient (Wildman–Crippen LogP) is 1.89. The predicted molar refractivity (Wildman–Crippen MR) is 60.1 cm³/mol. The maximum atomic E-state index is 11.8. The molecule has 1 aromatic carbocycles. The number of benzene rings is 1. The van der Waals surface area contributed by atoms with E-state index in [0.717, 1.165) is 5.75 Å². The van der Waals surface area contributed by atoms with Gasteiger partial charge in [-0.05, 0) is 12.0 Å². The second-order valence-corrected chi connectivity index (χ2v) is 4.88. The van der Waals surface area contributed by atoms with Crippen molar-refractivity contribution in [2.24, 2.45) is 11.8 Å². The first-order valence-electron chi connectivity index (χ1n) is 5.74. The maximum Gasteiger partial charge on any atom is 0.227 e. The van der Waals surface area contributed by atoms with Crippen molar-refractivity contribution in [2.45, 2.75) is 26.0 Å². The number of carbonyl (C=O) groups excluding carboxylic acids is 1. The van der Waals surface area contributed by atoms with Gasteiger partial charge in [0.25, 0.3) is 0 Å². The lowest BCUT2D eigenvalue weighted by atomic mass is 9.81. The fraction of sp³-hybridized carbons (Fsp3) is 0.462. The quantitative estimate of drug-likeness (QED) is 0.780. The second kappa shape index (κ2) is 3.24. The van der Waals surface area contributed by atoms with Crippen molar-refractivity contribution < 1.29 is 9.53 Å². The van der Waals surface area contributed by atoms with E-state index in [0.29, 0.717) is 5.92 Å². The Morgan fingerprint density at radius 1 is 1.31 bits per heavy atom. The molecule has 3 unspecified atom stereocenters. The average molecular weight is 217 g/mol. The Morgan fingerprint density at radius 3 is 2.81 bits per heavy atom. The van der Waals surface area contributed by atoms with Crippen LogP contribution in [0.5, 0.6) is 5.75 Å². The minimum atomic E-state index is -0.155. The molecule has 1 N–H and O–H groups in total. The van der Waals surface area contributed by atoms with Crippen molar-refractivity contribution in [3.05, 3.63) is 29.8 Å². The summed E-state index contributed by atoms with van der Waals surface area (Å²) in [5, 5.41) is 2.93. The molecule has 2 aliphatic heterocycles. The number of amides is 1. The molecule has 0 saturated carbocycles. The highest BCUT2D eigenvalue weighted by Gasteiger charge is 2.50. The number of hydrogen-bond acceptors (Lipinski definition) is 2. The van der Waals surface area contributed by atoms with Crippen LogP contribution in [0, 0.1) is 11.8 Å². The van der Waals surface area contributed by atoms with Crippen LogP contribution in [0.25, 0.3) is 0 Å². The summed E-state index contributed by atoms with van der Waals surface area (Å²) in [4.78, 5) is 11.8. The Balaban J connectivity index is 2.05. The first kappa shape index (κ1) is 9.70. The van der Waals surface area contributed by atoms with Crippen molar-refractivity contribution in [3.8, 4) is 5.75 Å². The van der Waals surface area contributed by atoms with Crippen LogP contribution < -0.4 is 10.1 Å². The van der Waals surface area contributed by atoms with E-state index in [9.17, 15) is 4.79 Å². The SMILES string of the molecule is CC(C)C1C(=O)NC2Oc3ccccc3C21. The molecule has 1 saturated heterocycles. The van der Waals surface area contributed by atoms with E-state index in [1.165, 1.54) is 5.56 Å². The van der Waals surface area contributed by atoms with Crippen LogP contribution in [-0.4, -0.2) is 12.1 Å². The number of hydrogen-bond donors (Lipinski definition) is 1. The second-order valence-electron chi connectivity index (χ2n) is 4.88. The van der Waals surface area contributed by atoms with Gasteiger partial charge >= 0.3 is 0 Å². The number of carbonyl (C=O) groups is 1. The molecule has 0 aromatic heterocycles. The summed E-state index contributed by atoms with van der Waals surface area (Å²) in [5.41, 5.74) is 1.17. The van der Waals surface area contributed by atoms with Crippen LogP contribution in [-0.2, 0) is 4.79 Å². The molecule has 3 nitrogen and oxygen atoms in total. The lowest BCUT2D eigenvalue weighted by Gasteiger charge is -2.17. The monoisotopic (exact) mass is 217 g/mol. The third kappa shape index (κ3) is 1.17. The van der Waals surface area contributed by atoms with Gasteiger partial charge in [-0.1, -0.05) is 32.0 Å². The lowest BCUT2D eigenvalue weighted by molar-refractivity contribution is -0.124. The molecule has 3 heteroatoms. The normalized spacial score (nSPS) is 30.9. The van der Waals surface area contributed by atoms with E-state index < -0.39 is 0 Å². The molecule has 2 aliphatic rings. The van der Waals surface area contributed by atoms with Crippen molar-refractivity contribution in [1.29, 1.82) is 0 Å². The van der Waals surface area contributed by atoms with Crippen LogP contribution >= 0.6 is 0 Å². The van der Waals surface area contributed by atoms with Crippen molar-refractivity contribution >= 4 is 5.91 Å². The van der Waals surface area contributed by atoms with Crippen molar-refractivity contribution in [2.75, 3.05) is 0 Å². The zero-order chi connectivity index (χ0) is 11.3. The van der Waals surface area contributed by atoms with Gasteiger partial charge in [-0.25, -0.2) is 0 Å². The van der Waals surface area contributed by atoms with Crippen LogP contribution in [0.3, 0.4) is 0 Å². The molecule has 84 valence electrons. The molecule has 0 aliphatic carbocycles. The Kier molecular flexibility index (Phi) is 1.96. The summed E-state index contributed by atoms with van der Waals surface area (Å²) >= 11 is 0. The third-order valence-corrected chi connectivity index (χ3v) is 3.55. The molecule has 1 aromatic rings. The molecule has 16 heavy (non-hydrogen) atoms. The number of fused-ring (bicyclic) bond motifs is 3. The molecular weight excluding hydrogens is 202 g/mol. The number of ether oxygens (including phenoxy) is 1. The molecular formula is C13H15NO2. The van der Waals surface area contributed by atoms with Gasteiger partial charge in [0.05, 0.1) is 11.8 Å². The highest BCUT2D eigenvalue weighted by molar-refractivity contribution is 5.84. The molecule has 3 atom stereocenters. The Hall–Kier alpha value is -1.51. The standard InChI is InChI=1S/C13H15NO2/c1-7(2)10-11-8-5-3-4-6-9(8)16-13(11)14-12(10)15/h3-7,10-11,13H,1-2H3,(H,14,15). The number of nitrogens with one attached hydrogen (secondary N) is 1. The maximum absolute atomic E-state index is 11.8. The van der Waals surface area contributed by atoms with Gasteiger partial charge in [0, 0.05) is 5.56 Å². The molecule has 1 fully saturated rings. The van der Waals surface area contributed by atoms with Crippen LogP contribution in [0.2, 0.25) is 0 Å². The summed E-state index contributed by atoms with van der Waals surface area (Å²) in [7, 11) is 0. The smallest absolute Gasteiger partial charge is 0.227 e.